The fraction of sp³-hybridized carbons (Fsp3) is 0.417. The molecule has 1 aromatic heterocycles. The van der Waals surface area contributed by atoms with Gasteiger partial charge in [-0.05, 0) is 30.1 Å². The van der Waals surface area contributed by atoms with Gasteiger partial charge in [0, 0.05) is 23.5 Å². The Balaban J connectivity index is 2.30. The molecule has 1 aromatic carbocycles. The van der Waals surface area contributed by atoms with Crippen molar-refractivity contribution < 1.29 is 44.1 Å². The fourth-order valence-corrected chi connectivity index (χ4v) is 4.18. The van der Waals surface area contributed by atoms with E-state index in [1.165, 1.54) is 11.8 Å². The number of hydrogen-bond acceptors (Lipinski definition) is 8. The number of amides is 3. The van der Waals surface area contributed by atoms with Crippen molar-refractivity contribution in [1.29, 1.82) is 0 Å². The Morgan fingerprint density at radius 2 is 1.44 bits per heavy atom. The lowest BCUT2D eigenvalue weighted by Crippen LogP contribution is -2.58. The first-order valence-corrected chi connectivity index (χ1v) is 13.2. The zero-order chi connectivity index (χ0) is 29.1. The molecule has 0 radical (unpaired) electrons. The minimum absolute atomic E-state index is 0.0466. The summed E-state index contributed by atoms with van der Waals surface area (Å²) in [6.07, 6.45) is 1.88. The van der Waals surface area contributed by atoms with Gasteiger partial charge in [0.05, 0.1) is 18.9 Å². The average molecular weight is 566 g/mol. The number of aromatic nitrogens is 1. The van der Waals surface area contributed by atoms with Crippen molar-refractivity contribution in [3.63, 3.8) is 0 Å². The number of benzene rings is 1. The zero-order valence-corrected chi connectivity index (χ0v) is 21.8. The van der Waals surface area contributed by atoms with E-state index in [1.54, 1.807) is 18.3 Å². The van der Waals surface area contributed by atoms with Gasteiger partial charge < -0.3 is 42.0 Å². The third-order valence-corrected chi connectivity index (χ3v) is 6.35. The van der Waals surface area contributed by atoms with Gasteiger partial charge in [0.1, 0.15) is 18.1 Å². The van der Waals surface area contributed by atoms with Gasteiger partial charge in [0.25, 0.3) is 0 Å². The Bertz CT molecular complexity index is 1220. The number of carbonyl (C=O) groups is 6. The number of aromatic amines is 1. The van der Waals surface area contributed by atoms with Gasteiger partial charge in [0.15, 0.2) is 0 Å². The van der Waals surface area contributed by atoms with Crippen molar-refractivity contribution in [2.45, 2.75) is 49.9 Å². The van der Waals surface area contributed by atoms with Crippen LogP contribution in [0.4, 0.5) is 0 Å². The SMILES string of the molecule is CSCCC(N)C(=O)NC(Cc1c[nH]c2ccccc12)C(=O)NC(CC(=O)O)C(=O)NC(CC(=O)O)C(=O)O. The van der Waals surface area contributed by atoms with Crippen LogP contribution in [0.5, 0.6) is 0 Å². The number of H-pyrrole nitrogens is 1. The molecule has 0 saturated heterocycles. The number of carboxylic acids is 3. The van der Waals surface area contributed by atoms with Crippen LogP contribution in [0, 0.1) is 0 Å². The molecule has 15 heteroatoms. The Morgan fingerprint density at radius 1 is 0.872 bits per heavy atom. The van der Waals surface area contributed by atoms with Crippen LogP contribution in [0.25, 0.3) is 10.9 Å². The van der Waals surface area contributed by atoms with E-state index in [0.717, 1.165) is 10.9 Å². The predicted octanol–water partition coefficient (Wildman–Crippen LogP) is -0.721. The van der Waals surface area contributed by atoms with Gasteiger partial charge in [-0.2, -0.15) is 11.8 Å². The number of rotatable bonds is 16. The molecule has 14 nitrogen and oxygen atoms in total. The summed E-state index contributed by atoms with van der Waals surface area (Å²) in [6.45, 7) is 0. The molecule has 4 atom stereocenters. The van der Waals surface area contributed by atoms with Gasteiger partial charge in [-0.25, -0.2) is 4.79 Å². The van der Waals surface area contributed by atoms with Crippen LogP contribution >= 0.6 is 11.8 Å². The lowest BCUT2D eigenvalue weighted by molar-refractivity contribution is -0.148. The van der Waals surface area contributed by atoms with Gasteiger partial charge in [-0.15, -0.1) is 0 Å². The minimum atomic E-state index is -1.86. The summed E-state index contributed by atoms with van der Waals surface area (Å²) in [6, 6.07) is 1.37. The molecule has 3 amide bonds. The maximum absolute atomic E-state index is 13.3. The standard InChI is InChI=1S/C24H31N5O9S/c1-39-7-6-14(25)21(34)27-16(8-12-11-26-15-5-3-2-4-13(12)15)22(35)28-17(9-19(30)31)23(36)29-18(24(37)38)10-20(32)33/h2-5,11,14,16-18,26H,6-10,25H2,1H3,(H,27,34)(H,28,35)(H,29,36)(H,30,31)(H,32,33)(H,37,38). The van der Waals surface area contributed by atoms with Crippen molar-refractivity contribution >= 4 is 58.3 Å². The van der Waals surface area contributed by atoms with Gasteiger partial charge in [-0.1, -0.05) is 18.2 Å². The lowest BCUT2D eigenvalue weighted by Gasteiger charge is -2.24. The van der Waals surface area contributed by atoms with E-state index in [2.05, 4.69) is 15.6 Å². The molecule has 212 valence electrons. The number of hydrogen-bond donors (Lipinski definition) is 8. The molecule has 0 spiro atoms. The van der Waals surface area contributed by atoms with Crippen LogP contribution in [-0.2, 0) is 35.2 Å². The summed E-state index contributed by atoms with van der Waals surface area (Å²) >= 11 is 1.48. The first-order valence-electron chi connectivity index (χ1n) is 11.8. The molecular weight excluding hydrogens is 534 g/mol. The lowest BCUT2D eigenvalue weighted by atomic mass is 10.0. The van der Waals surface area contributed by atoms with Crippen LogP contribution < -0.4 is 21.7 Å². The highest BCUT2D eigenvalue weighted by molar-refractivity contribution is 7.98. The average Bonchev–Trinajstić information content (AvgIpc) is 3.28. The number of thioether (sulfide) groups is 1. The van der Waals surface area contributed by atoms with Crippen LogP contribution in [0.1, 0.15) is 24.8 Å². The first kappa shape index (κ1) is 31.1. The number of carbonyl (C=O) groups excluding carboxylic acids is 3. The third-order valence-electron chi connectivity index (χ3n) is 5.71. The van der Waals surface area contributed by atoms with E-state index >= 15 is 0 Å². The minimum Gasteiger partial charge on any atom is -0.481 e. The molecule has 0 bridgehead atoms. The molecule has 9 N–H and O–H groups in total. The monoisotopic (exact) mass is 565 g/mol. The highest BCUT2D eigenvalue weighted by Crippen LogP contribution is 2.19. The maximum atomic E-state index is 13.3. The topological polar surface area (TPSA) is 241 Å². The summed E-state index contributed by atoms with van der Waals surface area (Å²) in [5.74, 6) is -6.83. The van der Waals surface area contributed by atoms with Gasteiger partial charge in [0.2, 0.25) is 17.7 Å². The van der Waals surface area contributed by atoms with Crippen LogP contribution in [0.3, 0.4) is 0 Å². The molecule has 4 unspecified atom stereocenters. The van der Waals surface area contributed by atoms with Crippen LogP contribution in [0.15, 0.2) is 30.5 Å². The zero-order valence-electron chi connectivity index (χ0n) is 21.0. The van der Waals surface area contributed by atoms with E-state index in [0.29, 0.717) is 17.7 Å². The molecule has 2 aromatic rings. The number of nitrogens with two attached hydrogens (primary N) is 1. The molecule has 0 aliphatic carbocycles. The van der Waals surface area contributed by atoms with Crippen LogP contribution in [0.2, 0.25) is 0 Å². The Morgan fingerprint density at radius 3 is 2.05 bits per heavy atom. The number of nitrogens with one attached hydrogen (secondary N) is 4. The van der Waals surface area contributed by atoms with Crippen molar-refractivity contribution in [3.05, 3.63) is 36.0 Å². The maximum Gasteiger partial charge on any atom is 0.326 e. The quantitative estimate of drug-likeness (QED) is 0.126. The fourth-order valence-electron chi connectivity index (χ4n) is 3.69. The highest BCUT2D eigenvalue weighted by Gasteiger charge is 2.32. The summed E-state index contributed by atoms with van der Waals surface area (Å²) < 4.78 is 0. The van der Waals surface area contributed by atoms with Gasteiger partial charge in [-0.3, -0.25) is 24.0 Å². The first-order chi connectivity index (χ1) is 18.4. The van der Waals surface area contributed by atoms with Crippen molar-refractivity contribution in [2.75, 3.05) is 12.0 Å². The molecule has 0 saturated carbocycles. The van der Waals surface area contributed by atoms with E-state index in [1.807, 2.05) is 23.7 Å². The number of carboxylic acid groups (broad SMARTS) is 3. The smallest absolute Gasteiger partial charge is 0.326 e. The second-order valence-electron chi connectivity index (χ2n) is 8.67. The third kappa shape index (κ3) is 9.61. The Kier molecular flexibility index (Phi) is 11.7. The van der Waals surface area contributed by atoms with E-state index in [4.69, 9.17) is 10.8 Å². The van der Waals surface area contributed by atoms with E-state index < -0.39 is 72.6 Å². The summed E-state index contributed by atoms with van der Waals surface area (Å²) in [5.41, 5.74) is 7.37. The van der Waals surface area contributed by atoms with Crippen molar-refractivity contribution in [1.82, 2.24) is 20.9 Å². The molecular formula is C24H31N5O9S. The molecule has 2 rings (SSSR count). The molecule has 1 heterocycles. The number of fused-ring (bicyclic) bond motifs is 1. The Hall–Kier alpha value is -4.11. The van der Waals surface area contributed by atoms with Crippen molar-refractivity contribution in [3.8, 4) is 0 Å². The van der Waals surface area contributed by atoms with Crippen LogP contribution in [-0.4, -0.2) is 92.1 Å². The largest absolute Gasteiger partial charge is 0.481 e. The van der Waals surface area contributed by atoms with E-state index in [-0.39, 0.29) is 6.42 Å². The second-order valence-corrected chi connectivity index (χ2v) is 9.65. The second kappa shape index (κ2) is 14.7. The molecule has 0 aliphatic rings. The molecule has 0 fully saturated rings. The normalized spacial score (nSPS) is 14.0. The summed E-state index contributed by atoms with van der Waals surface area (Å²) in [4.78, 5) is 75.5. The summed E-state index contributed by atoms with van der Waals surface area (Å²) in [7, 11) is 0. The summed E-state index contributed by atoms with van der Waals surface area (Å²) in [5, 5.41) is 34.9. The van der Waals surface area contributed by atoms with Crippen molar-refractivity contribution in [2.24, 2.45) is 5.73 Å². The highest BCUT2D eigenvalue weighted by atomic mass is 32.2. The number of para-hydroxylation sites is 1. The van der Waals surface area contributed by atoms with E-state index in [9.17, 15) is 39.0 Å². The number of aliphatic carboxylic acids is 3. The molecule has 39 heavy (non-hydrogen) atoms. The Labute approximate surface area is 227 Å². The predicted molar refractivity (Wildman–Crippen MR) is 141 cm³/mol. The van der Waals surface area contributed by atoms with Gasteiger partial charge >= 0.3 is 17.9 Å². The molecule has 0 aliphatic heterocycles.